The van der Waals surface area contributed by atoms with Gasteiger partial charge < -0.3 is 9.97 Å². The van der Waals surface area contributed by atoms with Crippen molar-refractivity contribution in [1.82, 2.24) is 15.0 Å². The van der Waals surface area contributed by atoms with E-state index in [-0.39, 0.29) is 5.56 Å². The zero-order valence-corrected chi connectivity index (χ0v) is 10.6. The molecule has 0 fully saturated rings. The van der Waals surface area contributed by atoms with Gasteiger partial charge in [-0.2, -0.15) is 0 Å². The van der Waals surface area contributed by atoms with Crippen LogP contribution < -0.4 is 5.56 Å². The molecule has 3 aromatic heterocycles. The van der Waals surface area contributed by atoms with Gasteiger partial charge in [-0.25, -0.2) is 4.98 Å². The number of rotatable bonds is 1. The normalized spacial score (nSPS) is 11.4. The fourth-order valence-electron chi connectivity index (χ4n) is 2.20. The van der Waals surface area contributed by atoms with Crippen LogP contribution in [0.5, 0.6) is 0 Å². The molecule has 4 rings (SSSR count). The summed E-state index contributed by atoms with van der Waals surface area (Å²) in [5, 5.41) is 1.16. The predicted molar refractivity (Wildman–Crippen MR) is 77.5 cm³/mol. The number of H-pyrrole nitrogens is 2. The van der Waals surface area contributed by atoms with Crippen LogP contribution in [0.15, 0.2) is 47.5 Å². The summed E-state index contributed by atoms with van der Waals surface area (Å²) in [6.07, 6.45) is 1.44. The van der Waals surface area contributed by atoms with Crippen LogP contribution in [0.25, 0.3) is 31.7 Å². The lowest BCUT2D eigenvalue weighted by Gasteiger charge is -1.88. The van der Waals surface area contributed by atoms with Crippen molar-refractivity contribution in [2.75, 3.05) is 0 Å². The van der Waals surface area contributed by atoms with E-state index in [1.807, 2.05) is 24.3 Å². The van der Waals surface area contributed by atoms with Crippen molar-refractivity contribution < 1.29 is 0 Å². The molecule has 0 aliphatic heterocycles. The first-order valence-corrected chi connectivity index (χ1v) is 6.68. The van der Waals surface area contributed by atoms with Crippen LogP contribution in [0.1, 0.15) is 0 Å². The number of nitrogens with one attached hydrogen (secondary N) is 2. The van der Waals surface area contributed by atoms with Gasteiger partial charge in [0.05, 0.1) is 22.4 Å². The van der Waals surface area contributed by atoms with Crippen molar-refractivity contribution in [2.24, 2.45) is 0 Å². The van der Waals surface area contributed by atoms with Crippen molar-refractivity contribution >= 4 is 32.5 Å². The Balaban J connectivity index is 1.98. The molecule has 0 bridgehead atoms. The van der Waals surface area contributed by atoms with Crippen LogP contribution in [0.2, 0.25) is 0 Å². The fourth-order valence-corrected chi connectivity index (χ4v) is 3.18. The number of benzene rings is 1. The van der Waals surface area contributed by atoms with Gasteiger partial charge in [0.2, 0.25) is 0 Å². The molecule has 0 saturated heterocycles. The van der Waals surface area contributed by atoms with Gasteiger partial charge in [0.15, 0.2) is 0 Å². The highest BCUT2D eigenvalue weighted by atomic mass is 32.1. The van der Waals surface area contributed by atoms with Gasteiger partial charge >= 0.3 is 0 Å². The van der Waals surface area contributed by atoms with Crippen molar-refractivity contribution in [3.05, 3.63) is 53.1 Å². The van der Waals surface area contributed by atoms with Crippen LogP contribution in [0.3, 0.4) is 0 Å². The van der Waals surface area contributed by atoms with E-state index in [9.17, 15) is 4.79 Å². The number of nitrogens with zero attached hydrogens (tertiary/aromatic N) is 1. The van der Waals surface area contributed by atoms with Crippen molar-refractivity contribution in [3.63, 3.8) is 0 Å². The SMILES string of the molecule is O=c1[nH]cnc2cc(-c3cc4ccccc4[nH]3)sc12. The van der Waals surface area contributed by atoms with Crippen LogP contribution in [0, 0.1) is 0 Å². The summed E-state index contributed by atoms with van der Waals surface area (Å²) in [5.41, 5.74) is 2.76. The summed E-state index contributed by atoms with van der Waals surface area (Å²) in [6.45, 7) is 0. The van der Waals surface area contributed by atoms with Crippen LogP contribution in [-0.4, -0.2) is 15.0 Å². The second-order valence-corrected chi connectivity index (χ2v) is 5.38. The summed E-state index contributed by atoms with van der Waals surface area (Å²) in [4.78, 5) is 22.9. The van der Waals surface area contributed by atoms with Gasteiger partial charge in [0, 0.05) is 10.9 Å². The van der Waals surface area contributed by atoms with Crippen LogP contribution >= 0.6 is 11.3 Å². The molecule has 19 heavy (non-hydrogen) atoms. The average Bonchev–Trinajstić information content (AvgIpc) is 3.02. The molecule has 3 heterocycles. The Morgan fingerprint density at radius 3 is 2.89 bits per heavy atom. The molecule has 0 aliphatic rings. The highest BCUT2D eigenvalue weighted by Gasteiger charge is 2.09. The summed E-state index contributed by atoms with van der Waals surface area (Å²) < 4.78 is 0.663. The van der Waals surface area contributed by atoms with Gasteiger partial charge in [-0.3, -0.25) is 4.79 Å². The molecule has 92 valence electrons. The minimum absolute atomic E-state index is 0.0858. The lowest BCUT2D eigenvalue weighted by molar-refractivity contribution is 1.18. The fraction of sp³-hybridized carbons (Fsp3) is 0. The van der Waals surface area contributed by atoms with Gasteiger partial charge in [-0.15, -0.1) is 11.3 Å². The molecular formula is C14H9N3OS. The minimum atomic E-state index is -0.0858. The van der Waals surface area contributed by atoms with Crippen molar-refractivity contribution in [2.45, 2.75) is 0 Å². The van der Waals surface area contributed by atoms with E-state index < -0.39 is 0 Å². The Bertz CT molecular complexity index is 915. The summed E-state index contributed by atoms with van der Waals surface area (Å²) in [7, 11) is 0. The second kappa shape index (κ2) is 3.80. The molecule has 4 aromatic rings. The van der Waals surface area contributed by atoms with Crippen LogP contribution in [-0.2, 0) is 0 Å². The number of hydrogen-bond acceptors (Lipinski definition) is 3. The monoisotopic (exact) mass is 267 g/mol. The lowest BCUT2D eigenvalue weighted by atomic mass is 10.2. The smallest absolute Gasteiger partial charge is 0.268 e. The summed E-state index contributed by atoms with van der Waals surface area (Å²) in [5.74, 6) is 0. The molecule has 1 aromatic carbocycles. The van der Waals surface area contributed by atoms with Gasteiger partial charge in [0.25, 0.3) is 5.56 Å². The first kappa shape index (κ1) is 10.5. The predicted octanol–water partition coefficient (Wildman–Crippen LogP) is 3.13. The largest absolute Gasteiger partial charge is 0.354 e. The molecule has 2 N–H and O–H groups in total. The van der Waals surface area contributed by atoms with Crippen molar-refractivity contribution in [1.29, 1.82) is 0 Å². The summed E-state index contributed by atoms with van der Waals surface area (Å²) in [6, 6.07) is 12.1. The maximum atomic E-state index is 11.7. The van der Waals surface area contributed by atoms with Gasteiger partial charge in [-0.05, 0) is 18.2 Å². The highest BCUT2D eigenvalue weighted by molar-refractivity contribution is 7.22. The lowest BCUT2D eigenvalue weighted by Crippen LogP contribution is -2.02. The third-order valence-corrected chi connectivity index (χ3v) is 4.27. The Labute approximate surface area is 111 Å². The molecule has 5 heteroatoms. The van der Waals surface area contributed by atoms with E-state index in [4.69, 9.17) is 0 Å². The molecule has 0 aliphatic carbocycles. The number of thiophene rings is 1. The number of aromatic nitrogens is 3. The molecule has 0 unspecified atom stereocenters. The second-order valence-electron chi connectivity index (χ2n) is 4.33. The molecule has 0 spiro atoms. The highest BCUT2D eigenvalue weighted by Crippen LogP contribution is 2.31. The van der Waals surface area contributed by atoms with E-state index in [1.165, 1.54) is 17.7 Å². The zero-order valence-electron chi connectivity index (χ0n) is 9.81. The Hall–Kier alpha value is -2.40. The van der Waals surface area contributed by atoms with Gasteiger partial charge in [-0.1, -0.05) is 18.2 Å². The zero-order chi connectivity index (χ0) is 12.8. The first-order valence-electron chi connectivity index (χ1n) is 5.86. The van der Waals surface area contributed by atoms with E-state index in [1.54, 1.807) is 0 Å². The Kier molecular flexibility index (Phi) is 2.10. The van der Waals surface area contributed by atoms with E-state index in [0.29, 0.717) is 4.70 Å². The van der Waals surface area contributed by atoms with E-state index in [0.717, 1.165) is 27.0 Å². The number of hydrogen-bond donors (Lipinski definition) is 2. The topological polar surface area (TPSA) is 61.5 Å². The van der Waals surface area contributed by atoms with Gasteiger partial charge in [0.1, 0.15) is 4.70 Å². The molecule has 0 saturated carbocycles. The molecule has 0 radical (unpaired) electrons. The first-order chi connectivity index (χ1) is 9.31. The maximum Gasteiger partial charge on any atom is 0.268 e. The van der Waals surface area contributed by atoms with E-state index in [2.05, 4.69) is 27.1 Å². The number of aromatic amines is 2. The third-order valence-electron chi connectivity index (χ3n) is 3.11. The average molecular weight is 267 g/mol. The molecule has 0 atom stereocenters. The summed E-state index contributed by atoms with van der Waals surface area (Å²) >= 11 is 1.45. The quantitative estimate of drug-likeness (QED) is 0.556. The van der Waals surface area contributed by atoms with Crippen molar-refractivity contribution in [3.8, 4) is 10.6 Å². The molecule has 0 amide bonds. The Morgan fingerprint density at radius 2 is 2.05 bits per heavy atom. The third kappa shape index (κ3) is 1.59. The number of para-hydroxylation sites is 1. The standard InChI is InChI=1S/C14H9N3OS/c18-14-13-11(15-7-16-14)6-12(19-13)10-5-8-3-1-2-4-9(8)17-10/h1-7,17H,(H,15,16,18). The van der Waals surface area contributed by atoms with E-state index >= 15 is 0 Å². The minimum Gasteiger partial charge on any atom is -0.354 e. The maximum absolute atomic E-state index is 11.7. The molecular weight excluding hydrogens is 258 g/mol. The van der Waals surface area contributed by atoms with Crippen LogP contribution in [0.4, 0.5) is 0 Å². The molecule has 4 nitrogen and oxygen atoms in total. The Morgan fingerprint density at radius 1 is 1.16 bits per heavy atom. The number of fused-ring (bicyclic) bond motifs is 2.